The highest BCUT2D eigenvalue weighted by atomic mass is 14.4. The maximum Gasteiger partial charge on any atom is -0.0303 e. The summed E-state index contributed by atoms with van der Waals surface area (Å²) in [7, 11) is 0. The first-order valence-corrected chi connectivity index (χ1v) is 5.16. The number of hydrogen-bond acceptors (Lipinski definition) is 0. The summed E-state index contributed by atoms with van der Waals surface area (Å²) < 4.78 is 0. The topological polar surface area (TPSA) is 0 Å². The fraction of sp³-hybridized carbons (Fsp3) is 0.917. The van der Waals surface area contributed by atoms with Crippen molar-refractivity contribution < 1.29 is 0 Å². The molecule has 0 N–H and O–H groups in total. The third-order valence-corrected chi connectivity index (χ3v) is 3.24. The fourth-order valence-electron chi connectivity index (χ4n) is 1.16. The van der Waals surface area contributed by atoms with Crippen LogP contribution >= 0.6 is 0 Å². The van der Waals surface area contributed by atoms with Gasteiger partial charge in [-0.25, -0.2) is 0 Å². The summed E-state index contributed by atoms with van der Waals surface area (Å²) in [4.78, 5) is 0. The van der Waals surface area contributed by atoms with Crippen LogP contribution in [0.25, 0.3) is 0 Å². The van der Waals surface area contributed by atoms with Crippen LogP contribution in [0, 0.1) is 17.8 Å². The van der Waals surface area contributed by atoms with Gasteiger partial charge in [-0.05, 0) is 24.2 Å². The van der Waals surface area contributed by atoms with E-state index in [-0.39, 0.29) is 5.41 Å². The molecule has 0 aliphatic heterocycles. The molecule has 0 atom stereocenters. The molecule has 0 aromatic carbocycles. The van der Waals surface area contributed by atoms with E-state index in [1.54, 1.807) is 0 Å². The molecule has 0 heteroatoms. The molecule has 0 aliphatic carbocycles. The molecule has 0 aromatic rings. The Hall–Kier alpha value is 0. The molecule has 0 aliphatic rings. The smallest absolute Gasteiger partial charge is 0.0303 e. The van der Waals surface area contributed by atoms with Gasteiger partial charge in [-0.15, -0.1) is 0 Å². The van der Waals surface area contributed by atoms with E-state index in [1.165, 1.54) is 25.7 Å². The minimum absolute atomic E-state index is 0.195. The molecule has 1 radical (unpaired) electrons. The van der Waals surface area contributed by atoms with Crippen LogP contribution in [0.2, 0.25) is 0 Å². The zero-order valence-corrected chi connectivity index (χ0v) is 9.54. The first-order valence-electron chi connectivity index (χ1n) is 5.16. The normalized spacial score (nSPS) is 13.5. The van der Waals surface area contributed by atoms with Crippen molar-refractivity contribution in [1.29, 1.82) is 0 Å². The van der Waals surface area contributed by atoms with Gasteiger partial charge >= 0.3 is 0 Å². The largest absolute Gasteiger partial charge is 0.0654 e. The molecule has 0 unspecified atom stereocenters. The van der Waals surface area contributed by atoms with Crippen LogP contribution in [0.15, 0.2) is 0 Å². The van der Waals surface area contributed by atoms with Gasteiger partial charge < -0.3 is 0 Å². The van der Waals surface area contributed by atoms with Gasteiger partial charge in [0, 0.05) is 0 Å². The molecular formula is C12H25. The lowest BCUT2D eigenvalue weighted by Crippen LogP contribution is -2.29. The Bertz CT molecular complexity index is 114. The van der Waals surface area contributed by atoms with Crippen molar-refractivity contribution in [3.63, 3.8) is 0 Å². The first-order chi connectivity index (χ1) is 5.31. The summed E-state index contributed by atoms with van der Waals surface area (Å²) >= 11 is 0. The van der Waals surface area contributed by atoms with E-state index in [1.807, 2.05) is 0 Å². The summed E-state index contributed by atoms with van der Waals surface area (Å²) in [6, 6.07) is 0. The van der Waals surface area contributed by atoms with Gasteiger partial charge in [0.25, 0.3) is 0 Å². The molecule has 0 bridgehead atoms. The molecule has 73 valence electrons. The third kappa shape index (κ3) is 3.60. The molecule has 0 rings (SSSR count). The van der Waals surface area contributed by atoms with Crippen LogP contribution in [-0.2, 0) is 0 Å². The quantitative estimate of drug-likeness (QED) is 0.533. The van der Waals surface area contributed by atoms with Crippen LogP contribution < -0.4 is 0 Å². The Morgan fingerprint density at radius 1 is 1.00 bits per heavy atom. The highest BCUT2D eigenvalue weighted by Gasteiger charge is 2.31. The number of unbranched alkanes of at least 4 members (excludes halogenated alkanes) is 2. The fourth-order valence-corrected chi connectivity index (χ4v) is 1.16. The Kier molecular flexibility index (Phi) is 4.30. The van der Waals surface area contributed by atoms with Crippen LogP contribution in [0.1, 0.15) is 60.3 Å². The molecule has 0 saturated heterocycles. The summed E-state index contributed by atoms with van der Waals surface area (Å²) in [5.41, 5.74) is 0.572. The average Bonchev–Trinajstić information content (AvgIpc) is 1.85. The highest BCUT2D eigenvalue weighted by molar-refractivity contribution is 4.87. The average molecular weight is 169 g/mol. The van der Waals surface area contributed by atoms with Crippen molar-refractivity contribution in [3.8, 4) is 0 Å². The second kappa shape index (κ2) is 4.30. The van der Waals surface area contributed by atoms with E-state index in [0.717, 1.165) is 0 Å². The summed E-state index contributed by atoms with van der Waals surface area (Å²) in [6.07, 6.45) is 5.33. The number of hydrogen-bond donors (Lipinski definition) is 0. The Balaban J connectivity index is 3.88. The minimum atomic E-state index is 0.195. The van der Waals surface area contributed by atoms with Gasteiger partial charge in [0.15, 0.2) is 0 Å². The van der Waals surface area contributed by atoms with E-state index in [9.17, 15) is 0 Å². The van der Waals surface area contributed by atoms with Crippen LogP contribution in [0.3, 0.4) is 0 Å². The van der Waals surface area contributed by atoms with Gasteiger partial charge in [-0.2, -0.15) is 0 Å². The van der Waals surface area contributed by atoms with Gasteiger partial charge in [-0.3, -0.25) is 0 Å². The second-order valence-electron chi connectivity index (χ2n) is 5.22. The van der Waals surface area contributed by atoms with Crippen LogP contribution in [0.5, 0.6) is 0 Å². The standard InChI is InChI=1S/C12H25/c1-7-8-9-10-12(5,6)11(2,3)4/h2,7-10H2,1,3-6H3. The molecule has 0 spiro atoms. The number of rotatable bonds is 5. The maximum atomic E-state index is 4.22. The monoisotopic (exact) mass is 169 g/mol. The van der Waals surface area contributed by atoms with Crippen molar-refractivity contribution in [2.24, 2.45) is 10.8 Å². The highest BCUT2D eigenvalue weighted by Crippen LogP contribution is 2.41. The molecule has 0 heterocycles. The summed E-state index contributed by atoms with van der Waals surface area (Å²) in [5, 5.41) is 0. The second-order valence-corrected chi connectivity index (χ2v) is 5.22. The molecule has 0 amide bonds. The van der Waals surface area contributed by atoms with E-state index in [2.05, 4.69) is 41.5 Å². The Morgan fingerprint density at radius 3 is 1.83 bits per heavy atom. The molecule has 0 saturated carbocycles. The van der Waals surface area contributed by atoms with Crippen molar-refractivity contribution in [1.82, 2.24) is 0 Å². The van der Waals surface area contributed by atoms with Crippen molar-refractivity contribution in [3.05, 3.63) is 6.92 Å². The van der Waals surface area contributed by atoms with Gasteiger partial charge in [-0.1, -0.05) is 53.9 Å². The maximum absolute atomic E-state index is 4.22. The van der Waals surface area contributed by atoms with Gasteiger partial charge in [0.1, 0.15) is 0 Å². The predicted octanol–water partition coefficient (Wildman–Crippen LogP) is 4.45. The zero-order valence-electron chi connectivity index (χ0n) is 9.54. The molecular weight excluding hydrogens is 144 g/mol. The van der Waals surface area contributed by atoms with Crippen LogP contribution in [0.4, 0.5) is 0 Å². The van der Waals surface area contributed by atoms with E-state index in [4.69, 9.17) is 0 Å². The first kappa shape index (κ1) is 12.0. The zero-order chi connectivity index (χ0) is 9.83. The lowest BCUT2D eigenvalue weighted by Gasteiger charge is -2.39. The predicted molar refractivity (Wildman–Crippen MR) is 57.1 cm³/mol. The van der Waals surface area contributed by atoms with E-state index in [0.29, 0.717) is 5.41 Å². The Morgan fingerprint density at radius 2 is 1.50 bits per heavy atom. The third-order valence-electron chi connectivity index (χ3n) is 3.24. The van der Waals surface area contributed by atoms with Gasteiger partial charge in [0.05, 0.1) is 0 Å². The SMILES string of the molecule is [CH2]C(C)(C)C(C)(C)CCCCC. The van der Waals surface area contributed by atoms with Crippen LogP contribution in [-0.4, -0.2) is 0 Å². The molecule has 0 fully saturated rings. The lowest BCUT2D eigenvalue weighted by atomic mass is 9.67. The van der Waals surface area contributed by atoms with Crippen molar-refractivity contribution >= 4 is 0 Å². The molecule has 12 heavy (non-hydrogen) atoms. The summed E-state index contributed by atoms with van der Waals surface area (Å²) in [5.74, 6) is 0. The molecule has 0 aromatic heterocycles. The lowest BCUT2D eigenvalue weighted by molar-refractivity contribution is 0.143. The van der Waals surface area contributed by atoms with E-state index < -0.39 is 0 Å². The Labute approximate surface area is 78.8 Å². The van der Waals surface area contributed by atoms with E-state index >= 15 is 0 Å². The van der Waals surface area contributed by atoms with Crippen molar-refractivity contribution in [2.45, 2.75) is 60.3 Å². The van der Waals surface area contributed by atoms with Crippen molar-refractivity contribution in [2.75, 3.05) is 0 Å². The minimum Gasteiger partial charge on any atom is -0.0654 e. The van der Waals surface area contributed by atoms with Gasteiger partial charge in [0.2, 0.25) is 0 Å². The summed E-state index contributed by atoms with van der Waals surface area (Å²) in [6.45, 7) is 15.6. The molecule has 0 nitrogen and oxygen atoms in total.